The molecule has 0 atom stereocenters. The number of nitrogens with zero attached hydrogens (tertiary/aromatic N) is 3. The van der Waals surface area contributed by atoms with Gasteiger partial charge in [-0.05, 0) is 73.7 Å². The fourth-order valence-electron chi connectivity index (χ4n) is 3.76. The maximum atomic E-state index is 13.4. The monoisotopic (exact) mass is 507 g/mol. The molecule has 0 spiro atoms. The van der Waals surface area contributed by atoms with E-state index in [0.29, 0.717) is 0 Å². The SMILES string of the molecule is CN(C)c1ccc2c(c1)Sc1cc(N(C)C)ccc1N2C(=O)OCc1ccc(O[Si](C)(C)C)cc1. The van der Waals surface area contributed by atoms with E-state index < -0.39 is 14.4 Å². The Morgan fingerprint density at radius 3 is 1.80 bits per heavy atom. The fourth-order valence-corrected chi connectivity index (χ4v) is 5.72. The van der Waals surface area contributed by atoms with Crippen molar-refractivity contribution < 1.29 is 14.0 Å². The van der Waals surface area contributed by atoms with Crippen LogP contribution in [0.15, 0.2) is 70.5 Å². The van der Waals surface area contributed by atoms with Gasteiger partial charge < -0.3 is 19.0 Å². The minimum Gasteiger partial charge on any atom is -0.544 e. The third-order valence-corrected chi connectivity index (χ3v) is 7.46. The highest BCUT2D eigenvalue weighted by atomic mass is 32.2. The molecule has 1 aliphatic rings. The first-order valence-electron chi connectivity index (χ1n) is 11.6. The normalized spacial score (nSPS) is 12.5. The summed E-state index contributed by atoms with van der Waals surface area (Å²) in [5.74, 6) is 0.851. The van der Waals surface area contributed by atoms with Gasteiger partial charge in [-0.25, -0.2) is 9.69 Å². The molecule has 0 saturated heterocycles. The number of anilines is 4. The van der Waals surface area contributed by atoms with E-state index in [9.17, 15) is 4.79 Å². The van der Waals surface area contributed by atoms with E-state index in [1.807, 2.05) is 76.7 Å². The summed E-state index contributed by atoms with van der Waals surface area (Å²) in [6.45, 7) is 6.64. The van der Waals surface area contributed by atoms with Crippen LogP contribution in [0.25, 0.3) is 0 Å². The Kier molecular flexibility index (Phi) is 7.05. The highest BCUT2D eigenvalue weighted by molar-refractivity contribution is 7.99. The van der Waals surface area contributed by atoms with E-state index in [-0.39, 0.29) is 6.61 Å². The second-order valence-electron chi connectivity index (χ2n) is 9.94. The predicted molar refractivity (Wildman–Crippen MR) is 148 cm³/mol. The number of amides is 1. The van der Waals surface area contributed by atoms with Crippen molar-refractivity contribution in [2.75, 3.05) is 42.9 Å². The molecule has 0 saturated carbocycles. The Hall–Kier alpha value is -3.10. The smallest absolute Gasteiger partial charge is 0.419 e. The number of benzene rings is 3. The molecule has 1 amide bonds. The van der Waals surface area contributed by atoms with Crippen LogP contribution in [0, 0.1) is 0 Å². The highest BCUT2D eigenvalue weighted by Gasteiger charge is 2.30. The molecule has 1 aliphatic heterocycles. The van der Waals surface area contributed by atoms with Gasteiger partial charge in [0.2, 0.25) is 8.32 Å². The summed E-state index contributed by atoms with van der Waals surface area (Å²) in [4.78, 5) is 21.3. The molecule has 6 nitrogen and oxygen atoms in total. The van der Waals surface area contributed by atoms with Gasteiger partial charge in [0.25, 0.3) is 0 Å². The van der Waals surface area contributed by atoms with Crippen molar-refractivity contribution in [2.24, 2.45) is 0 Å². The average molecular weight is 508 g/mol. The number of ether oxygens (including phenoxy) is 1. The van der Waals surface area contributed by atoms with Crippen LogP contribution in [0.2, 0.25) is 19.6 Å². The van der Waals surface area contributed by atoms with Crippen molar-refractivity contribution in [1.29, 1.82) is 0 Å². The van der Waals surface area contributed by atoms with E-state index >= 15 is 0 Å². The molecule has 35 heavy (non-hydrogen) atoms. The number of hydrogen-bond acceptors (Lipinski definition) is 6. The molecule has 0 aliphatic carbocycles. The van der Waals surface area contributed by atoms with Crippen LogP contribution >= 0.6 is 11.8 Å². The quantitative estimate of drug-likeness (QED) is 0.336. The van der Waals surface area contributed by atoms with Gasteiger partial charge in [0, 0.05) is 49.4 Å². The van der Waals surface area contributed by atoms with Crippen LogP contribution < -0.4 is 19.1 Å². The van der Waals surface area contributed by atoms with Crippen molar-refractivity contribution in [3.05, 3.63) is 66.2 Å². The molecule has 3 aromatic rings. The molecule has 8 heteroatoms. The molecule has 0 aromatic heterocycles. The van der Waals surface area contributed by atoms with Crippen LogP contribution in [0.3, 0.4) is 0 Å². The third-order valence-electron chi connectivity index (χ3n) is 5.51. The van der Waals surface area contributed by atoms with Crippen molar-refractivity contribution in [1.82, 2.24) is 0 Å². The lowest BCUT2D eigenvalue weighted by atomic mass is 10.2. The Labute approximate surface area is 213 Å². The topological polar surface area (TPSA) is 45.2 Å². The summed E-state index contributed by atoms with van der Waals surface area (Å²) in [5, 5.41) is 0. The van der Waals surface area contributed by atoms with Crippen LogP contribution in [-0.4, -0.2) is 42.6 Å². The van der Waals surface area contributed by atoms with Crippen molar-refractivity contribution in [2.45, 2.75) is 36.0 Å². The highest BCUT2D eigenvalue weighted by Crippen LogP contribution is 2.50. The van der Waals surface area contributed by atoms with Gasteiger partial charge >= 0.3 is 6.09 Å². The lowest BCUT2D eigenvalue weighted by Crippen LogP contribution is -2.29. The summed E-state index contributed by atoms with van der Waals surface area (Å²) in [6, 6.07) is 20.0. The second-order valence-corrected chi connectivity index (χ2v) is 15.5. The molecular weight excluding hydrogens is 474 g/mol. The maximum Gasteiger partial charge on any atom is 0.419 e. The molecule has 0 N–H and O–H groups in total. The third kappa shape index (κ3) is 5.77. The largest absolute Gasteiger partial charge is 0.544 e. The molecule has 4 rings (SSSR count). The minimum atomic E-state index is -1.66. The molecule has 0 radical (unpaired) electrons. The summed E-state index contributed by atoms with van der Waals surface area (Å²) >= 11 is 1.67. The fraction of sp³-hybridized carbons (Fsp3) is 0.296. The Balaban J connectivity index is 1.60. The molecule has 0 bridgehead atoms. The maximum absolute atomic E-state index is 13.4. The summed E-state index contributed by atoms with van der Waals surface area (Å²) in [6.07, 6.45) is -0.398. The number of hydrogen-bond donors (Lipinski definition) is 0. The van der Waals surface area contributed by atoms with Crippen molar-refractivity contribution in [3.63, 3.8) is 0 Å². The molecule has 3 aromatic carbocycles. The van der Waals surface area contributed by atoms with Crippen LogP contribution in [-0.2, 0) is 11.3 Å². The van der Waals surface area contributed by atoms with Gasteiger partial charge in [-0.2, -0.15) is 0 Å². The van der Waals surface area contributed by atoms with Gasteiger partial charge in [-0.1, -0.05) is 23.9 Å². The van der Waals surface area contributed by atoms with E-state index in [4.69, 9.17) is 9.16 Å². The zero-order valence-corrected chi connectivity index (χ0v) is 23.3. The van der Waals surface area contributed by atoms with Crippen LogP contribution in [0.1, 0.15) is 5.56 Å². The van der Waals surface area contributed by atoms with Gasteiger partial charge in [0.15, 0.2) is 0 Å². The van der Waals surface area contributed by atoms with E-state index in [2.05, 4.69) is 41.6 Å². The minimum absolute atomic E-state index is 0.186. The predicted octanol–water partition coefficient (Wildman–Crippen LogP) is 6.97. The van der Waals surface area contributed by atoms with E-state index in [1.165, 1.54) is 0 Å². The Morgan fingerprint density at radius 1 is 0.829 bits per heavy atom. The number of carbonyl (C=O) groups is 1. The summed E-state index contributed by atoms with van der Waals surface area (Å²) in [7, 11) is 6.39. The lowest BCUT2D eigenvalue weighted by molar-refractivity contribution is 0.149. The molecule has 184 valence electrons. The van der Waals surface area contributed by atoms with E-state index in [1.54, 1.807) is 16.7 Å². The Bertz CT molecular complexity index is 1170. The van der Waals surface area contributed by atoms with E-state index in [0.717, 1.165) is 43.9 Å². The van der Waals surface area contributed by atoms with Crippen molar-refractivity contribution in [3.8, 4) is 5.75 Å². The van der Waals surface area contributed by atoms with Gasteiger partial charge in [0.1, 0.15) is 12.4 Å². The summed E-state index contributed by atoms with van der Waals surface area (Å²) in [5.41, 5.74) is 4.73. The first kappa shape index (κ1) is 25.0. The second kappa shape index (κ2) is 9.87. The number of fused-ring (bicyclic) bond motifs is 2. The lowest BCUT2D eigenvalue weighted by Gasteiger charge is -2.32. The standard InChI is InChI=1S/C27H33N3O3SSi/c1-28(2)20-10-14-23-25(16-20)34-26-17-21(29(3)4)11-15-24(26)30(23)27(31)32-18-19-8-12-22(13-9-19)33-35(5,6)7/h8-17H,18H2,1-7H3. The van der Waals surface area contributed by atoms with Crippen LogP contribution in [0.4, 0.5) is 27.5 Å². The first-order valence-corrected chi connectivity index (χ1v) is 15.8. The molecule has 0 unspecified atom stereocenters. The van der Waals surface area contributed by atoms with Crippen molar-refractivity contribution >= 4 is 48.9 Å². The number of rotatable bonds is 6. The Morgan fingerprint density at radius 2 is 1.34 bits per heavy atom. The average Bonchev–Trinajstić information content (AvgIpc) is 2.80. The van der Waals surface area contributed by atoms with Gasteiger partial charge in [-0.15, -0.1) is 0 Å². The van der Waals surface area contributed by atoms with Gasteiger partial charge in [0.05, 0.1) is 11.4 Å². The molecule has 0 fully saturated rings. The zero-order chi connectivity index (χ0) is 25.3. The molecule has 1 heterocycles. The first-order chi connectivity index (χ1) is 16.5. The van der Waals surface area contributed by atoms with Crippen LogP contribution in [0.5, 0.6) is 5.75 Å². The van der Waals surface area contributed by atoms with Gasteiger partial charge in [-0.3, -0.25) is 0 Å². The zero-order valence-electron chi connectivity index (χ0n) is 21.5. The molecular formula is C27H33N3O3SSi. The summed E-state index contributed by atoms with van der Waals surface area (Å²) < 4.78 is 11.8. The number of carbonyl (C=O) groups excluding carboxylic acids is 1.